The normalized spacial score (nSPS) is 11.7. The summed E-state index contributed by atoms with van der Waals surface area (Å²) in [5.74, 6) is -0.407. The molecule has 0 radical (unpaired) electrons. The molecule has 1 aromatic rings. The van der Waals surface area contributed by atoms with Gasteiger partial charge in [0.05, 0.1) is 12.0 Å². The summed E-state index contributed by atoms with van der Waals surface area (Å²) < 4.78 is 0. The van der Waals surface area contributed by atoms with Crippen molar-refractivity contribution in [1.82, 2.24) is 4.90 Å². The Morgan fingerprint density at radius 2 is 1.94 bits per heavy atom. The third-order valence-corrected chi connectivity index (χ3v) is 2.66. The van der Waals surface area contributed by atoms with E-state index in [1.165, 1.54) is 4.90 Å². The largest absolute Gasteiger partial charge is 0.340 e. The van der Waals surface area contributed by atoms with Crippen LogP contribution in [0.3, 0.4) is 0 Å². The second-order valence-electron chi connectivity index (χ2n) is 3.87. The van der Waals surface area contributed by atoms with Gasteiger partial charge in [-0.2, -0.15) is 5.26 Å². The van der Waals surface area contributed by atoms with Crippen molar-refractivity contribution in [3.8, 4) is 6.07 Å². The third-order valence-electron chi connectivity index (χ3n) is 2.22. The van der Waals surface area contributed by atoms with Crippen LogP contribution in [0.4, 0.5) is 0 Å². The van der Waals surface area contributed by atoms with Gasteiger partial charge in [-0.05, 0) is 25.1 Å². The highest BCUT2D eigenvalue weighted by molar-refractivity contribution is 6.35. The van der Waals surface area contributed by atoms with E-state index >= 15 is 0 Å². The Hall–Kier alpha value is -1.24. The molecule has 0 N–H and O–H groups in total. The number of amides is 1. The molecule has 0 aliphatic heterocycles. The van der Waals surface area contributed by atoms with E-state index in [2.05, 4.69) is 6.07 Å². The smallest absolute Gasteiger partial charge is 0.253 e. The van der Waals surface area contributed by atoms with Crippen LogP contribution >= 0.6 is 23.2 Å². The van der Waals surface area contributed by atoms with Crippen LogP contribution in [-0.4, -0.2) is 24.4 Å². The zero-order valence-corrected chi connectivity index (χ0v) is 11.1. The number of benzene rings is 1. The Morgan fingerprint density at radius 3 is 2.41 bits per heavy atom. The van der Waals surface area contributed by atoms with Crippen molar-refractivity contribution < 1.29 is 4.79 Å². The van der Waals surface area contributed by atoms with E-state index in [0.29, 0.717) is 22.2 Å². The van der Waals surface area contributed by atoms with Gasteiger partial charge >= 0.3 is 0 Å². The molecule has 3 nitrogen and oxygen atoms in total. The first-order valence-electron chi connectivity index (χ1n) is 5.05. The Kier molecular flexibility index (Phi) is 4.80. The number of hydrogen-bond donors (Lipinski definition) is 0. The fraction of sp³-hybridized carbons (Fsp3) is 0.333. The Morgan fingerprint density at radius 1 is 1.41 bits per heavy atom. The van der Waals surface area contributed by atoms with Gasteiger partial charge in [0, 0.05) is 29.2 Å². The molecule has 17 heavy (non-hydrogen) atoms. The van der Waals surface area contributed by atoms with Gasteiger partial charge in [-0.25, -0.2) is 0 Å². The molecule has 90 valence electrons. The predicted octanol–water partition coefficient (Wildman–Crippen LogP) is 3.23. The molecule has 0 fully saturated rings. The maximum Gasteiger partial charge on any atom is 0.253 e. The number of hydrogen-bond acceptors (Lipinski definition) is 2. The van der Waals surface area contributed by atoms with Gasteiger partial charge in [0.15, 0.2) is 0 Å². The molecule has 5 heteroatoms. The number of nitrogens with zero attached hydrogens (tertiary/aromatic N) is 2. The average Bonchev–Trinajstić information content (AvgIpc) is 2.26. The summed E-state index contributed by atoms with van der Waals surface area (Å²) in [6.07, 6.45) is 0. The molecule has 1 unspecified atom stereocenters. The molecule has 1 amide bonds. The zero-order valence-electron chi connectivity index (χ0n) is 9.58. The van der Waals surface area contributed by atoms with Gasteiger partial charge in [-0.15, -0.1) is 0 Å². The van der Waals surface area contributed by atoms with E-state index in [1.54, 1.807) is 32.2 Å². The fourth-order valence-corrected chi connectivity index (χ4v) is 1.96. The molecule has 1 rings (SSSR count). The van der Waals surface area contributed by atoms with E-state index in [1.807, 2.05) is 0 Å². The van der Waals surface area contributed by atoms with E-state index in [4.69, 9.17) is 28.5 Å². The van der Waals surface area contributed by atoms with Crippen molar-refractivity contribution in [3.05, 3.63) is 33.8 Å². The van der Waals surface area contributed by atoms with Gasteiger partial charge in [-0.3, -0.25) is 4.79 Å². The van der Waals surface area contributed by atoms with Crippen LogP contribution in [0.15, 0.2) is 18.2 Å². The zero-order chi connectivity index (χ0) is 13.0. The second kappa shape index (κ2) is 5.90. The number of halogens is 2. The summed E-state index contributed by atoms with van der Waals surface area (Å²) in [5.41, 5.74) is 0.426. The van der Waals surface area contributed by atoms with Crippen molar-refractivity contribution in [2.24, 2.45) is 5.92 Å². The Labute approximate surface area is 111 Å². The summed E-state index contributed by atoms with van der Waals surface area (Å²) in [5, 5.41) is 9.53. The first-order chi connectivity index (χ1) is 7.93. The maximum atomic E-state index is 12.0. The minimum atomic E-state index is -0.210. The number of carbonyl (C=O) groups is 1. The number of rotatable bonds is 3. The van der Waals surface area contributed by atoms with Gasteiger partial charge < -0.3 is 4.90 Å². The molecule has 0 aromatic heterocycles. The standard InChI is InChI=1S/C12H12Cl2N2O/c1-8(6-15)7-16(2)12(17)9-3-10(13)5-11(14)4-9/h3-5,8H,7H2,1-2H3. The van der Waals surface area contributed by atoms with Crippen LogP contribution in [0.1, 0.15) is 17.3 Å². The quantitative estimate of drug-likeness (QED) is 0.847. The highest BCUT2D eigenvalue weighted by Gasteiger charge is 2.15. The van der Waals surface area contributed by atoms with Crippen molar-refractivity contribution in [2.45, 2.75) is 6.92 Å². The summed E-state index contributed by atoms with van der Waals surface area (Å²) in [7, 11) is 1.64. The highest BCUT2D eigenvalue weighted by atomic mass is 35.5. The SMILES string of the molecule is CC(C#N)CN(C)C(=O)c1cc(Cl)cc(Cl)c1. The molecule has 1 atom stereocenters. The molecule has 0 aliphatic rings. The van der Waals surface area contributed by atoms with Crippen molar-refractivity contribution in [1.29, 1.82) is 5.26 Å². The lowest BCUT2D eigenvalue weighted by atomic mass is 10.1. The van der Waals surface area contributed by atoms with Crippen LogP contribution in [0.25, 0.3) is 0 Å². The van der Waals surface area contributed by atoms with Gasteiger partial charge in [0.25, 0.3) is 5.91 Å². The molecule has 0 aliphatic carbocycles. The monoisotopic (exact) mass is 270 g/mol. The molecule has 0 bridgehead atoms. The van der Waals surface area contributed by atoms with Crippen LogP contribution < -0.4 is 0 Å². The minimum absolute atomic E-state index is 0.198. The molecule has 0 heterocycles. The summed E-state index contributed by atoms with van der Waals surface area (Å²) >= 11 is 11.6. The summed E-state index contributed by atoms with van der Waals surface area (Å²) in [6.45, 7) is 2.13. The average molecular weight is 271 g/mol. The second-order valence-corrected chi connectivity index (χ2v) is 4.75. The van der Waals surface area contributed by atoms with Crippen LogP contribution in [0, 0.1) is 17.2 Å². The predicted molar refractivity (Wildman–Crippen MR) is 68.2 cm³/mol. The van der Waals surface area contributed by atoms with E-state index in [-0.39, 0.29) is 11.8 Å². The van der Waals surface area contributed by atoms with Crippen molar-refractivity contribution >= 4 is 29.1 Å². The minimum Gasteiger partial charge on any atom is -0.340 e. The topological polar surface area (TPSA) is 44.1 Å². The first kappa shape index (κ1) is 13.8. The van der Waals surface area contributed by atoms with E-state index in [9.17, 15) is 4.79 Å². The lowest BCUT2D eigenvalue weighted by Gasteiger charge is -2.18. The lowest BCUT2D eigenvalue weighted by molar-refractivity contribution is 0.0785. The van der Waals surface area contributed by atoms with Gasteiger partial charge in [0.1, 0.15) is 0 Å². The van der Waals surface area contributed by atoms with E-state index in [0.717, 1.165) is 0 Å². The van der Waals surface area contributed by atoms with Gasteiger partial charge in [-0.1, -0.05) is 23.2 Å². The van der Waals surface area contributed by atoms with E-state index < -0.39 is 0 Å². The maximum absolute atomic E-state index is 12.0. The molecular formula is C12H12Cl2N2O. The fourth-order valence-electron chi connectivity index (χ4n) is 1.43. The summed E-state index contributed by atoms with van der Waals surface area (Å²) in [4.78, 5) is 13.5. The summed E-state index contributed by atoms with van der Waals surface area (Å²) in [6, 6.07) is 6.76. The number of carbonyl (C=O) groups excluding carboxylic acids is 1. The molecule has 1 aromatic carbocycles. The van der Waals surface area contributed by atoms with Gasteiger partial charge in [0.2, 0.25) is 0 Å². The van der Waals surface area contributed by atoms with Crippen molar-refractivity contribution in [3.63, 3.8) is 0 Å². The Bertz CT molecular complexity index is 448. The highest BCUT2D eigenvalue weighted by Crippen LogP contribution is 2.20. The molecular weight excluding hydrogens is 259 g/mol. The Balaban J connectivity index is 2.86. The third kappa shape index (κ3) is 3.92. The van der Waals surface area contributed by atoms with Crippen molar-refractivity contribution in [2.75, 3.05) is 13.6 Å². The number of nitriles is 1. The molecule has 0 spiro atoms. The van der Waals surface area contributed by atoms with Crippen LogP contribution in [0.5, 0.6) is 0 Å². The van der Waals surface area contributed by atoms with Crippen LogP contribution in [-0.2, 0) is 0 Å². The first-order valence-corrected chi connectivity index (χ1v) is 5.80. The molecule has 0 saturated heterocycles. The van der Waals surface area contributed by atoms with Crippen LogP contribution in [0.2, 0.25) is 10.0 Å². The molecule has 0 saturated carbocycles. The lowest BCUT2D eigenvalue weighted by Crippen LogP contribution is -2.30.